The summed E-state index contributed by atoms with van der Waals surface area (Å²) in [5.41, 5.74) is 0.0627. The molecule has 1 N–H and O–H groups in total. The zero-order chi connectivity index (χ0) is 14.9. The number of nitrogens with zero attached hydrogens (tertiary/aromatic N) is 1. The highest BCUT2D eigenvalue weighted by molar-refractivity contribution is 7.89. The van der Waals surface area contributed by atoms with Crippen LogP contribution in [-0.4, -0.2) is 49.1 Å². The summed E-state index contributed by atoms with van der Waals surface area (Å²) in [5, 5.41) is 8.82. The van der Waals surface area contributed by atoms with Gasteiger partial charge in [0.15, 0.2) is 0 Å². The number of morpholine rings is 1. The number of carbonyl (C=O) groups is 1. The molecule has 0 bridgehead atoms. The van der Waals surface area contributed by atoms with E-state index in [0.29, 0.717) is 13.1 Å². The van der Waals surface area contributed by atoms with Crippen LogP contribution in [-0.2, 0) is 14.8 Å². The van der Waals surface area contributed by atoms with E-state index in [1.165, 1.54) is 28.6 Å². The van der Waals surface area contributed by atoms with E-state index in [-0.39, 0.29) is 22.7 Å². The molecule has 1 aromatic carbocycles. The molecule has 0 amide bonds. The molecule has 2 rings (SSSR count). The van der Waals surface area contributed by atoms with Gasteiger partial charge in [0.05, 0.1) is 22.7 Å². The first-order chi connectivity index (χ1) is 9.30. The molecule has 2 atom stereocenters. The Hall–Kier alpha value is -1.44. The van der Waals surface area contributed by atoms with Crippen LogP contribution in [0.1, 0.15) is 24.2 Å². The van der Waals surface area contributed by atoms with Crippen molar-refractivity contribution in [2.24, 2.45) is 0 Å². The van der Waals surface area contributed by atoms with E-state index in [4.69, 9.17) is 9.84 Å². The molecular weight excluding hydrogens is 282 g/mol. The molecule has 0 aromatic heterocycles. The van der Waals surface area contributed by atoms with Crippen LogP contribution in [0.4, 0.5) is 0 Å². The third-order valence-corrected chi connectivity index (χ3v) is 4.97. The average molecular weight is 299 g/mol. The standard InChI is InChI=1S/C13H17NO5S/c1-9-7-14(8-10(2)19-9)20(17,18)12-5-3-11(4-6-12)13(15)16/h3-6,9-10H,7-8H2,1-2H3,(H,15,16). The molecule has 7 heteroatoms. The molecule has 0 aliphatic carbocycles. The van der Waals surface area contributed by atoms with Crippen LogP contribution in [0.15, 0.2) is 29.2 Å². The number of hydrogen-bond donors (Lipinski definition) is 1. The number of hydrogen-bond acceptors (Lipinski definition) is 4. The molecular formula is C13H17NO5S. The highest BCUT2D eigenvalue weighted by Gasteiger charge is 2.32. The van der Waals surface area contributed by atoms with Gasteiger partial charge in [0.1, 0.15) is 0 Å². The second-order valence-electron chi connectivity index (χ2n) is 4.91. The average Bonchev–Trinajstić information content (AvgIpc) is 2.37. The molecule has 0 spiro atoms. The Balaban J connectivity index is 2.27. The Kier molecular flexibility index (Phi) is 4.12. The number of sulfonamides is 1. The quantitative estimate of drug-likeness (QED) is 0.906. The van der Waals surface area contributed by atoms with Gasteiger partial charge in [-0.2, -0.15) is 4.31 Å². The van der Waals surface area contributed by atoms with Crippen molar-refractivity contribution in [1.82, 2.24) is 4.31 Å². The zero-order valence-electron chi connectivity index (χ0n) is 11.3. The van der Waals surface area contributed by atoms with Crippen LogP contribution in [0, 0.1) is 0 Å². The smallest absolute Gasteiger partial charge is 0.335 e. The highest BCUT2D eigenvalue weighted by Crippen LogP contribution is 2.21. The Morgan fingerprint density at radius 1 is 1.20 bits per heavy atom. The predicted octanol–water partition coefficient (Wildman–Crippen LogP) is 1.18. The van der Waals surface area contributed by atoms with Crippen molar-refractivity contribution in [3.63, 3.8) is 0 Å². The van der Waals surface area contributed by atoms with E-state index in [1.54, 1.807) is 0 Å². The van der Waals surface area contributed by atoms with Gasteiger partial charge in [-0.25, -0.2) is 13.2 Å². The Bertz CT molecular complexity index is 586. The summed E-state index contributed by atoms with van der Waals surface area (Å²) in [6.45, 7) is 4.25. The SMILES string of the molecule is CC1CN(S(=O)(=O)c2ccc(C(=O)O)cc2)CC(C)O1. The van der Waals surface area contributed by atoms with Gasteiger partial charge in [-0.05, 0) is 38.1 Å². The number of rotatable bonds is 3. The summed E-state index contributed by atoms with van der Waals surface area (Å²) in [5.74, 6) is -1.08. The van der Waals surface area contributed by atoms with Crippen LogP contribution in [0.2, 0.25) is 0 Å². The van der Waals surface area contributed by atoms with Crippen LogP contribution < -0.4 is 0 Å². The van der Waals surface area contributed by atoms with Crippen molar-refractivity contribution >= 4 is 16.0 Å². The van der Waals surface area contributed by atoms with Crippen molar-refractivity contribution in [2.75, 3.05) is 13.1 Å². The third-order valence-electron chi connectivity index (χ3n) is 3.13. The Morgan fingerprint density at radius 2 is 1.70 bits per heavy atom. The van der Waals surface area contributed by atoms with Crippen LogP contribution in [0.5, 0.6) is 0 Å². The summed E-state index contributed by atoms with van der Waals surface area (Å²) in [6.07, 6.45) is -0.321. The minimum atomic E-state index is -3.61. The lowest BCUT2D eigenvalue weighted by molar-refractivity contribution is -0.0440. The van der Waals surface area contributed by atoms with E-state index >= 15 is 0 Å². The van der Waals surface area contributed by atoms with Crippen LogP contribution in [0.3, 0.4) is 0 Å². The zero-order valence-corrected chi connectivity index (χ0v) is 12.1. The summed E-state index contributed by atoms with van der Waals surface area (Å²) in [6, 6.07) is 5.23. The lowest BCUT2D eigenvalue weighted by atomic mass is 10.2. The number of carboxylic acids is 1. The van der Waals surface area contributed by atoms with E-state index < -0.39 is 16.0 Å². The number of benzene rings is 1. The molecule has 6 nitrogen and oxygen atoms in total. The van der Waals surface area contributed by atoms with Crippen molar-refractivity contribution in [2.45, 2.75) is 31.0 Å². The maximum atomic E-state index is 12.5. The summed E-state index contributed by atoms with van der Waals surface area (Å²) < 4.78 is 31.9. The molecule has 1 saturated heterocycles. The van der Waals surface area contributed by atoms with E-state index in [2.05, 4.69) is 0 Å². The molecule has 2 unspecified atom stereocenters. The maximum absolute atomic E-state index is 12.5. The molecule has 0 radical (unpaired) electrons. The lowest BCUT2D eigenvalue weighted by Crippen LogP contribution is -2.48. The Labute approximate surface area is 118 Å². The van der Waals surface area contributed by atoms with Gasteiger partial charge in [0.25, 0.3) is 0 Å². The molecule has 1 heterocycles. The fraction of sp³-hybridized carbons (Fsp3) is 0.462. The molecule has 110 valence electrons. The molecule has 1 aromatic rings. The fourth-order valence-corrected chi connectivity index (χ4v) is 3.84. The lowest BCUT2D eigenvalue weighted by Gasteiger charge is -2.34. The van der Waals surface area contributed by atoms with Crippen LogP contribution >= 0.6 is 0 Å². The van der Waals surface area contributed by atoms with Gasteiger partial charge in [0, 0.05) is 13.1 Å². The van der Waals surface area contributed by atoms with E-state index in [1.807, 2.05) is 13.8 Å². The van der Waals surface area contributed by atoms with Gasteiger partial charge in [-0.15, -0.1) is 0 Å². The normalized spacial score (nSPS) is 24.5. The molecule has 1 fully saturated rings. The largest absolute Gasteiger partial charge is 0.478 e. The van der Waals surface area contributed by atoms with Crippen LogP contribution in [0.25, 0.3) is 0 Å². The fourth-order valence-electron chi connectivity index (χ4n) is 2.25. The maximum Gasteiger partial charge on any atom is 0.335 e. The number of carboxylic acid groups (broad SMARTS) is 1. The molecule has 1 aliphatic heterocycles. The molecule has 0 saturated carbocycles. The van der Waals surface area contributed by atoms with Gasteiger partial charge in [-0.3, -0.25) is 0 Å². The minimum Gasteiger partial charge on any atom is -0.478 e. The summed E-state index contributed by atoms with van der Waals surface area (Å²) >= 11 is 0. The monoisotopic (exact) mass is 299 g/mol. The molecule has 20 heavy (non-hydrogen) atoms. The first-order valence-electron chi connectivity index (χ1n) is 6.29. The van der Waals surface area contributed by atoms with Crippen molar-refractivity contribution < 1.29 is 23.1 Å². The van der Waals surface area contributed by atoms with E-state index in [0.717, 1.165) is 0 Å². The van der Waals surface area contributed by atoms with Gasteiger partial charge in [0.2, 0.25) is 10.0 Å². The Morgan fingerprint density at radius 3 is 2.15 bits per heavy atom. The first-order valence-corrected chi connectivity index (χ1v) is 7.73. The van der Waals surface area contributed by atoms with Gasteiger partial charge in [-0.1, -0.05) is 0 Å². The third kappa shape index (κ3) is 3.00. The molecule has 1 aliphatic rings. The van der Waals surface area contributed by atoms with Crippen molar-refractivity contribution in [3.8, 4) is 0 Å². The highest BCUT2D eigenvalue weighted by atomic mass is 32.2. The van der Waals surface area contributed by atoms with Crippen molar-refractivity contribution in [1.29, 1.82) is 0 Å². The predicted molar refractivity (Wildman–Crippen MR) is 72.2 cm³/mol. The summed E-state index contributed by atoms with van der Waals surface area (Å²) in [7, 11) is -3.61. The second-order valence-corrected chi connectivity index (χ2v) is 6.85. The van der Waals surface area contributed by atoms with Gasteiger partial charge >= 0.3 is 5.97 Å². The number of ether oxygens (including phenoxy) is 1. The minimum absolute atomic E-state index is 0.0627. The first kappa shape index (κ1) is 15.0. The van der Waals surface area contributed by atoms with E-state index in [9.17, 15) is 13.2 Å². The van der Waals surface area contributed by atoms with Crippen molar-refractivity contribution in [3.05, 3.63) is 29.8 Å². The summed E-state index contributed by atoms with van der Waals surface area (Å²) in [4.78, 5) is 10.9. The second kappa shape index (κ2) is 5.51. The topological polar surface area (TPSA) is 83.9 Å². The van der Waals surface area contributed by atoms with Gasteiger partial charge < -0.3 is 9.84 Å². The number of aromatic carboxylic acids is 1.